The highest BCUT2D eigenvalue weighted by Crippen LogP contribution is 2.40. The van der Waals surface area contributed by atoms with Crippen LogP contribution in [0.15, 0.2) is 42.5 Å². The quantitative estimate of drug-likeness (QED) is 0.252. The minimum atomic E-state index is -4.72. The molecule has 0 radical (unpaired) electrons. The summed E-state index contributed by atoms with van der Waals surface area (Å²) in [6, 6.07) is 5.53. The molecule has 0 aromatic heterocycles. The first kappa shape index (κ1) is 25.0. The molecule has 0 unspecified atom stereocenters. The highest BCUT2D eigenvalue weighted by molar-refractivity contribution is 5.65. The summed E-state index contributed by atoms with van der Waals surface area (Å²) in [6.45, 7) is 2.15. The molecule has 0 spiro atoms. The minimum absolute atomic E-state index is 0.112. The van der Waals surface area contributed by atoms with Gasteiger partial charge in [0, 0.05) is 17.7 Å². The van der Waals surface area contributed by atoms with Gasteiger partial charge in [-0.3, -0.25) is 0 Å². The molecule has 1 saturated carbocycles. The number of halogens is 8. The summed E-state index contributed by atoms with van der Waals surface area (Å²) in [4.78, 5) is 0. The van der Waals surface area contributed by atoms with E-state index in [9.17, 15) is 35.1 Å². The fourth-order valence-corrected chi connectivity index (χ4v) is 4.41. The smallest absolute Gasteiger partial charge is 0.429 e. The topological polar surface area (TPSA) is 9.23 Å². The molecule has 0 amide bonds. The van der Waals surface area contributed by atoms with Crippen molar-refractivity contribution in [2.24, 2.45) is 5.92 Å². The lowest BCUT2D eigenvalue weighted by atomic mass is 9.79. The van der Waals surface area contributed by atoms with Crippen LogP contribution in [0.3, 0.4) is 0 Å². The van der Waals surface area contributed by atoms with Crippen molar-refractivity contribution in [3.8, 4) is 16.9 Å². The maximum atomic E-state index is 14.8. The lowest BCUT2D eigenvalue weighted by Gasteiger charge is -2.26. The maximum Gasteiger partial charge on any atom is 0.432 e. The second-order valence-electron chi connectivity index (χ2n) is 8.83. The van der Waals surface area contributed by atoms with E-state index in [1.807, 2.05) is 0 Å². The van der Waals surface area contributed by atoms with Crippen LogP contribution in [0.2, 0.25) is 0 Å². The van der Waals surface area contributed by atoms with Gasteiger partial charge < -0.3 is 4.74 Å². The Morgan fingerprint density at radius 2 is 1.29 bits per heavy atom. The molecule has 0 bridgehead atoms. The molecule has 0 N–H and O–H groups in total. The van der Waals surface area contributed by atoms with Crippen LogP contribution in [0.4, 0.5) is 35.1 Å². The number of hydrogen-bond acceptors (Lipinski definition) is 1. The van der Waals surface area contributed by atoms with Crippen molar-refractivity contribution in [3.05, 3.63) is 88.5 Å². The van der Waals surface area contributed by atoms with E-state index >= 15 is 0 Å². The van der Waals surface area contributed by atoms with Gasteiger partial charge in [-0.05, 0) is 54.0 Å². The molecule has 3 aromatic carbocycles. The van der Waals surface area contributed by atoms with Crippen molar-refractivity contribution >= 4 is 0 Å². The van der Waals surface area contributed by atoms with Gasteiger partial charge in [0.25, 0.3) is 0 Å². The summed E-state index contributed by atoms with van der Waals surface area (Å²) in [7, 11) is 0. The summed E-state index contributed by atoms with van der Waals surface area (Å²) in [6.07, 6.45) is -0.896. The first-order valence-electron chi connectivity index (χ1n) is 11.0. The number of alkyl halides is 2. The zero-order chi connectivity index (χ0) is 25.5. The molecule has 9 heteroatoms. The van der Waals surface area contributed by atoms with Crippen LogP contribution < -0.4 is 4.74 Å². The van der Waals surface area contributed by atoms with E-state index in [4.69, 9.17) is 0 Å². The van der Waals surface area contributed by atoms with Crippen LogP contribution in [0.25, 0.3) is 11.1 Å². The van der Waals surface area contributed by atoms with Crippen LogP contribution in [-0.2, 0) is 6.11 Å². The van der Waals surface area contributed by atoms with Gasteiger partial charge in [-0.1, -0.05) is 31.9 Å². The van der Waals surface area contributed by atoms with E-state index in [-0.39, 0.29) is 29.2 Å². The molecule has 186 valence electrons. The highest BCUT2D eigenvalue weighted by Gasteiger charge is 2.41. The molecule has 35 heavy (non-hydrogen) atoms. The molecule has 3 aromatic rings. The molecule has 4 rings (SSSR count). The van der Waals surface area contributed by atoms with E-state index in [0.29, 0.717) is 18.1 Å². The standard InChI is InChI=1S/C26H20F8O/c1-13-2-4-14(5-3-13)15-6-7-18(19(27)8-15)16-9-20(28)24(21(29)10-16)26(33,34)35-17-11-22(30)25(32)23(31)12-17/h6-14H,2-5H2,1H3. The Morgan fingerprint density at radius 1 is 0.714 bits per heavy atom. The van der Waals surface area contributed by atoms with E-state index in [1.165, 1.54) is 12.1 Å². The van der Waals surface area contributed by atoms with Crippen LogP contribution in [0.1, 0.15) is 49.7 Å². The van der Waals surface area contributed by atoms with E-state index in [2.05, 4.69) is 11.7 Å². The van der Waals surface area contributed by atoms with Crippen molar-refractivity contribution in [3.63, 3.8) is 0 Å². The molecule has 0 aliphatic heterocycles. The molecular weight excluding hydrogens is 480 g/mol. The van der Waals surface area contributed by atoms with Crippen LogP contribution in [-0.4, -0.2) is 0 Å². The Balaban J connectivity index is 1.62. The average molecular weight is 500 g/mol. The third-order valence-corrected chi connectivity index (χ3v) is 6.33. The van der Waals surface area contributed by atoms with E-state index < -0.39 is 52.3 Å². The monoisotopic (exact) mass is 500 g/mol. The molecule has 1 fully saturated rings. The van der Waals surface area contributed by atoms with Gasteiger partial charge in [0.1, 0.15) is 28.8 Å². The SMILES string of the molecule is CC1CCC(c2ccc(-c3cc(F)c(C(F)(F)Oc4cc(F)c(F)c(F)c4)c(F)c3)c(F)c2)CC1. The van der Waals surface area contributed by atoms with Crippen molar-refractivity contribution in [2.45, 2.75) is 44.6 Å². The first-order chi connectivity index (χ1) is 16.5. The fraction of sp³-hybridized carbons (Fsp3) is 0.308. The Hall–Kier alpha value is -3.10. The van der Waals surface area contributed by atoms with Crippen LogP contribution in [0.5, 0.6) is 5.75 Å². The summed E-state index contributed by atoms with van der Waals surface area (Å²) in [5.74, 6) is -10.3. The van der Waals surface area contributed by atoms with Gasteiger partial charge >= 0.3 is 6.11 Å². The molecule has 0 saturated heterocycles. The Kier molecular flexibility index (Phi) is 6.79. The van der Waals surface area contributed by atoms with Gasteiger partial charge in [-0.25, -0.2) is 26.3 Å². The lowest BCUT2D eigenvalue weighted by Crippen LogP contribution is -2.25. The van der Waals surface area contributed by atoms with Crippen LogP contribution in [0, 0.1) is 40.8 Å². The van der Waals surface area contributed by atoms with Gasteiger partial charge in [0.2, 0.25) is 0 Å². The van der Waals surface area contributed by atoms with E-state index in [0.717, 1.165) is 31.2 Å². The Labute approximate surface area is 196 Å². The third kappa shape index (κ3) is 5.13. The average Bonchev–Trinajstić information content (AvgIpc) is 2.76. The molecular formula is C26H20F8O. The number of rotatable bonds is 5. The summed E-state index contributed by atoms with van der Waals surface area (Å²) < 4.78 is 117. The molecule has 0 heterocycles. The largest absolute Gasteiger partial charge is 0.432 e. The first-order valence-corrected chi connectivity index (χ1v) is 11.0. The van der Waals surface area contributed by atoms with E-state index in [1.54, 1.807) is 6.07 Å². The van der Waals surface area contributed by atoms with Crippen molar-refractivity contribution in [2.75, 3.05) is 0 Å². The molecule has 1 aliphatic rings. The van der Waals surface area contributed by atoms with Gasteiger partial charge in [0.15, 0.2) is 17.5 Å². The molecule has 1 nitrogen and oxygen atoms in total. The van der Waals surface area contributed by atoms with Gasteiger partial charge in [-0.15, -0.1) is 0 Å². The molecule has 1 aliphatic carbocycles. The summed E-state index contributed by atoms with van der Waals surface area (Å²) in [5.41, 5.74) is -1.59. The predicted octanol–water partition coefficient (Wildman–Crippen LogP) is 8.61. The highest BCUT2D eigenvalue weighted by atomic mass is 19.3. The summed E-state index contributed by atoms with van der Waals surface area (Å²) >= 11 is 0. The zero-order valence-corrected chi connectivity index (χ0v) is 18.5. The van der Waals surface area contributed by atoms with Gasteiger partial charge in [0.05, 0.1) is 0 Å². The van der Waals surface area contributed by atoms with Crippen molar-refractivity contribution < 1.29 is 39.9 Å². The Morgan fingerprint density at radius 3 is 1.83 bits per heavy atom. The summed E-state index contributed by atoms with van der Waals surface area (Å²) in [5, 5.41) is 0. The Bertz CT molecular complexity index is 1200. The zero-order valence-electron chi connectivity index (χ0n) is 18.5. The lowest BCUT2D eigenvalue weighted by molar-refractivity contribution is -0.189. The minimum Gasteiger partial charge on any atom is -0.429 e. The second kappa shape index (κ2) is 9.51. The normalized spacial score (nSPS) is 18.5. The fourth-order valence-electron chi connectivity index (χ4n) is 4.41. The number of benzene rings is 3. The second-order valence-corrected chi connectivity index (χ2v) is 8.83. The number of hydrogen-bond donors (Lipinski definition) is 0. The van der Waals surface area contributed by atoms with Crippen molar-refractivity contribution in [1.29, 1.82) is 0 Å². The predicted molar refractivity (Wildman–Crippen MR) is 113 cm³/mol. The number of ether oxygens (including phenoxy) is 1. The van der Waals surface area contributed by atoms with Gasteiger partial charge in [-0.2, -0.15) is 8.78 Å². The third-order valence-electron chi connectivity index (χ3n) is 6.33. The van der Waals surface area contributed by atoms with Crippen molar-refractivity contribution in [1.82, 2.24) is 0 Å². The van der Waals surface area contributed by atoms with Crippen LogP contribution >= 0.6 is 0 Å². The molecule has 0 atom stereocenters. The maximum absolute atomic E-state index is 14.8.